The number of esters is 1. The second-order valence-electron chi connectivity index (χ2n) is 7.42. The molecule has 1 heterocycles. The van der Waals surface area contributed by atoms with Crippen LogP contribution in [0.15, 0.2) is 42.5 Å². The molecule has 2 aromatic rings. The van der Waals surface area contributed by atoms with Crippen LogP contribution in [0.1, 0.15) is 44.7 Å². The number of carbonyl (C=O) groups excluding carboxylic acids is 3. The van der Waals surface area contributed by atoms with E-state index in [1.807, 2.05) is 26.0 Å². The lowest BCUT2D eigenvalue weighted by Gasteiger charge is -2.31. The first-order valence-corrected chi connectivity index (χ1v) is 9.67. The number of carbonyl (C=O) groups is 3. The summed E-state index contributed by atoms with van der Waals surface area (Å²) in [4.78, 5) is 38.8. The molecule has 0 aromatic heterocycles. The van der Waals surface area contributed by atoms with Crippen LogP contribution in [0.25, 0.3) is 0 Å². The van der Waals surface area contributed by atoms with Crippen molar-refractivity contribution in [1.29, 1.82) is 0 Å². The molecule has 1 fully saturated rings. The summed E-state index contributed by atoms with van der Waals surface area (Å²) in [5.74, 6) is -1.53. The third kappa shape index (κ3) is 5.08. The number of ether oxygens (including phenoxy) is 1. The summed E-state index contributed by atoms with van der Waals surface area (Å²) in [5, 5.41) is 0. The van der Waals surface area contributed by atoms with Gasteiger partial charge in [-0.15, -0.1) is 0 Å². The second kappa shape index (κ2) is 8.99. The van der Waals surface area contributed by atoms with Crippen LogP contribution >= 0.6 is 0 Å². The first-order valence-electron chi connectivity index (χ1n) is 9.67. The number of hydrogen-bond acceptors (Lipinski definition) is 4. The Bertz CT molecular complexity index is 915. The maximum atomic E-state index is 13.0. The molecule has 1 saturated heterocycles. The van der Waals surface area contributed by atoms with Crippen molar-refractivity contribution < 1.29 is 23.5 Å². The highest BCUT2D eigenvalue weighted by atomic mass is 19.1. The largest absolute Gasteiger partial charge is 0.457 e. The Kier molecular flexibility index (Phi) is 6.42. The van der Waals surface area contributed by atoms with Gasteiger partial charge in [-0.25, -0.2) is 4.39 Å². The zero-order valence-electron chi connectivity index (χ0n) is 16.6. The molecule has 0 bridgehead atoms. The Morgan fingerprint density at radius 2 is 1.69 bits per heavy atom. The Balaban J connectivity index is 1.49. The van der Waals surface area contributed by atoms with Crippen LogP contribution in [0.4, 0.5) is 4.39 Å². The number of benzene rings is 2. The summed E-state index contributed by atoms with van der Waals surface area (Å²) >= 11 is 0. The summed E-state index contributed by atoms with van der Waals surface area (Å²) in [6.45, 7) is 4.31. The smallest absolute Gasteiger partial charge is 0.309 e. The molecule has 0 saturated carbocycles. The van der Waals surface area contributed by atoms with Gasteiger partial charge in [-0.1, -0.05) is 17.7 Å². The van der Waals surface area contributed by atoms with E-state index in [-0.39, 0.29) is 24.2 Å². The fourth-order valence-electron chi connectivity index (χ4n) is 3.46. The van der Waals surface area contributed by atoms with Crippen molar-refractivity contribution in [1.82, 2.24) is 4.90 Å². The van der Waals surface area contributed by atoms with E-state index in [1.165, 1.54) is 24.3 Å². The number of Topliss-reactive ketones (excluding diaryl/α,β-unsaturated/α-hetero) is 1. The molecular formula is C23H24FNO4. The monoisotopic (exact) mass is 397 g/mol. The number of piperidine rings is 1. The molecule has 0 radical (unpaired) electrons. The van der Waals surface area contributed by atoms with Gasteiger partial charge in [-0.2, -0.15) is 0 Å². The quantitative estimate of drug-likeness (QED) is 0.570. The standard InChI is InChI=1S/C23H24FNO4/c1-15-3-4-16(2)20(13-15)21(26)14-29-23(28)18-9-11-25(12-10-18)22(27)17-5-7-19(24)8-6-17/h3-8,13,18H,9-12,14H2,1-2H3. The summed E-state index contributed by atoms with van der Waals surface area (Å²) < 4.78 is 18.3. The van der Waals surface area contributed by atoms with Crippen LogP contribution in [-0.2, 0) is 9.53 Å². The van der Waals surface area contributed by atoms with Crippen molar-refractivity contribution in [2.24, 2.45) is 5.92 Å². The fraction of sp³-hybridized carbons (Fsp3) is 0.348. The van der Waals surface area contributed by atoms with Crippen LogP contribution in [0.3, 0.4) is 0 Å². The Morgan fingerprint density at radius 3 is 2.34 bits per heavy atom. The molecule has 0 aliphatic carbocycles. The number of likely N-dealkylation sites (tertiary alicyclic amines) is 1. The minimum absolute atomic E-state index is 0.179. The van der Waals surface area contributed by atoms with Gasteiger partial charge < -0.3 is 9.64 Å². The fourth-order valence-corrected chi connectivity index (χ4v) is 3.46. The average Bonchev–Trinajstić information content (AvgIpc) is 2.73. The van der Waals surface area contributed by atoms with E-state index in [1.54, 1.807) is 11.0 Å². The molecule has 3 rings (SSSR count). The molecule has 0 unspecified atom stereocenters. The zero-order chi connectivity index (χ0) is 21.0. The summed E-state index contributed by atoms with van der Waals surface area (Å²) in [5.41, 5.74) is 2.82. The van der Waals surface area contributed by atoms with Gasteiger partial charge in [0.1, 0.15) is 5.82 Å². The van der Waals surface area contributed by atoms with Crippen molar-refractivity contribution in [2.75, 3.05) is 19.7 Å². The molecular weight excluding hydrogens is 373 g/mol. The van der Waals surface area contributed by atoms with E-state index in [9.17, 15) is 18.8 Å². The molecule has 1 amide bonds. The number of nitrogens with zero attached hydrogens (tertiary/aromatic N) is 1. The number of aryl methyl sites for hydroxylation is 2. The number of hydrogen-bond donors (Lipinski definition) is 0. The van der Waals surface area contributed by atoms with Crippen LogP contribution < -0.4 is 0 Å². The highest BCUT2D eigenvalue weighted by Crippen LogP contribution is 2.21. The third-order valence-electron chi connectivity index (χ3n) is 5.25. The minimum Gasteiger partial charge on any atom is -0.457 e. The molecule has 2 aromatic carbocycles. The number of halogens is 1. The number of amides is 1. The highest BCUT2D eigenvalue weighted by Gasteiger charge is 2.29. The van der Waals surface area contributed by atoms with Gasteiger partial charge in [0.15, 0.2) is 6.61 Å². The van der Waals surface area contributed by atoms with Crippen molar-refractivity contribution in [3.63, 3.8) is 0 Å². The summed E-state index contributed by atoms with van der Waals surface area (Å²) in [6, 6.07) is 11.0. The predicted octanol–water partition coefficient (Wildman–Crippen LogP) is 3.72. The van der Waals surface area contributed by atoms with Crippen molar-refractivity contribution in [3.05, 3.63) is 70.5 Å². The first-order chi connectivity index (χ1) is 13.8. The molecule has 0 N–H and O–H groups in total. The van der Waals surface area contributed by atoms with Crippen LogP contribution in [0.2, 0.25) is 0 Å². The van der Waals surface area contributed by atoms with E-state index in [0.717, 1.165) is 11.1 Å². The van der Waals surface area contributed by atoms with Gasteiger partial charge >= 0.3 is 5.97 Å². The minimum atomic E-state index is -0.405. The number of rotatable bonds is 5. The Morgan fingerprint density at radius 1 is 1.03 bits per heavy atom. The van der Waals surface area contributed by atoms with E-state index >= 15 is 0 Å². The Labute approximate surface area is 169 Å². The molecule has 0 atom stereocenters. The number of ketones is 1. The van der Waals surface area contributed by atoms with E-state index in [0.29, 0.717) is 37.1 Å². The van der Waals surface area contributed by atoms with Gasteiger partial charge in [0.05, 0.1) is 5.92 Å². The normalized spacial score (nSPS) is 14.5. The average molecular weight is 397 g/mol. The SMILES string of the molecule is Cc1ccc(C)c(C(=O)COC(=O)C2CCN(C(=O)c3ccc(F)cc3)CC2)c1. The van der Waals surface area contributed by atoms with E-state index in [4.69, 9.17) is 4.74 Å². The Hall–Kier alpha value is -3.02. The second-order valence-corrected chi connectivity index (χ2v) is 7.42. The molecule has 152 valence electrons. The van der Waals surface area contributed by atoms with Gasteiger partial charge in [-0.3, -0.25) is 14.4 Å². The lowest BCUT2D eigenvalue weighted by molar-refractivity contribution is -0.148. The topological polar surface area (TPSA) is 63.7 Å². The zero-order valence-corrected chi connectivity index (χ0v) is 16.6. The van der Waals surface area contributed by atoms with Crippen molar-refractivity contribution in [3.8, 4) is 0 Å². The third-order valence-corrected chi connectivity index (χ3v) is 5.25. The van der Waals surface area contributed by atoms with Gasteiger partial charge in [0.25, 0.3) is 5.91 Å². The molecule has 29 heavy (non-hydrogen) atoms. The predicted molar refractivity (Wildman–Crippen MR) is 106 cm³/mol. The first kappa shape index (κ1) is 20.7. The lowest BCUT2D eigenvalue weighted by Crippen LogP contribution is -2.40. The lowest BCUT2D eigenvalue weighted by atomic mass is 9.96. The van der Waals surface area contributed by atoms with Crippen molar-refractivity contribution >= 4 is 17.7 Å². The summed E-state index contributed by atoms with van der Waals surface area (Å²) in [7, 11) is 0. The molecule has 1 aliphatic rings. The van der Waals surface area contributed by atoms with E-state index in [2.05, 4.69) is 0 Å². The molecule has 6 heteroatoms. The van der Waals surface area contributed by atoms with Gasteiger partial charge in [0, 0.05) is 24.2 Å². The van der Waals surface area contributed by atoms with Crippen LogP contribution in [0, 0.1) is 25.6 Å². The van der Waals surface area contributed by atoms with Crippen molar-refractivity contribution in [2.45, 2.75) is 26.7 Å². The molecule has 0 spiro atoms. The van der Waals surface area contributed by atoms with Crippen LogP contribution in [-0.4, -0.2) is 42.3 Å². The van der Waals surface area contributed by atoms with Gasteiger partial charge in [0.2, 0.25) is 5.78 Å². The highest BCUT2D eigenvalue weighted by molar-refractivity contribution is 5.99. The summed E-state index contributed by atoms with van der Waals surface area (Å²) in [6.07, 6.45) is 0.951. The van der Waals surface area contributed by atoms with E-state index < -0.39 is 11.8 Å². The maximum Gasteiger partial charge on any atom is 0.309 e. The van der Waals surface area contributed by atoms with Crippen LogP contribution in [0.5, 0.6) is 0 Å². The molecule has 1 aliphatic heterocycles. The van der Waals surface area contributed by atoms with Gasteiger partial charge in [-0.05, 0) is 62.6 Å². The molecule has 5 nitrogen and oxygen atoms in total. The maximum absolute atomic E-state index is 13.0.